The minimum atomic E-state index is 0.655. The van der Waals surface area contributed by atoms with Gasteiger partial charge in [0.2, 0.25) is 0 Å². The first-order chi connectivity index (χ1) is 30.1. The molecule has 0 aromatic heterocycles. The number of alkyl halides is 1. The molecule has 4 aromatic rings. The van der Waals surface area contributed by atoms with Crippen molar-refractivity contribution in [3.63, 3.8) is 0 Å². The van der Waals surface area contributed by atoms with Crippen molar-refractivity contribution in [1.29, 1.82) is 0 Å². The van der Waals surface area contributed by atoms with E-state index >= 15 is 0 Å². The number of rotatable bonds is 37. The normalized spacial score (nSPS) is 11.5. The standard InChI is InChI=1S/C54H83BrO6/c1-6-11-16-24-31-56-49-37-43-44-38-50(57-32-25-17-12-7-2)52(59-34-27-19-14-9-4)40-46(44)48-42-54(61-36-29-22-21-23-30-55)53(60-35-28-20-15-10-5)41-47(48)45(43)39-51(49)58-33-26-18-13-8-3/h37-42H,6-36H2,1-5H3. The number of hydrogen-bond donors (Lipinski definition) is 0. The Labute approximate surface area is 379 Å². The molecule has 0 amide bonds. The van der Waals surface area contributed by atoms with Gasteiger partial charge < -0.3 is 28.4 Å². The second-order valence-electron chi connectivity index (χ2n) is 17.0. The lowest BCUT2D eigenvalue weighted by Crippen LogP contribution is -2.05. The van der Waals surface area contributed by atoms with Crippen molar-refractivity contribution in [2.45, 2.75) is 189 Å². The van der Waals surface area contributed by atoms with Gasteiger partial charge in [0.05, 0.1) is 39.6 Å². The molecule has 0 saturated carbocycles. The summed E-state index contributed by atoms with van der Waals surface area (Å²) in [5.41, 5.74) is 0. The summed E-state index contributed by atoms with van der Waals surface area (Å²) in [5, 5.41) is 7.73. The highest BCUT2D eigenvalue weighted by atomic mass is 79.9. The molecule has 4 aromatic carbocycles. The van der Waals surface area contributed by atoms with Crippen LogP contribution in [0.3, 0.4) is 0 Å². The zero-order valence-electron chi connectivity index (χ0n) is 39.2. The van der Waals surface area contributed by atoms with Crippen molar-refractivity contribution in [3.05, 3.63) is 36.4 Å². The SMILES string of the molecule is CCCCCCOc1cc2c3cc(OCCCCCC)c(OCCCCCC)cc3c3cc(OCCCCCCBr)c(OCCCCCC)cc3c2cc1OCCCCCC. The fourth-order valence-corrected chi connectivity index (χ4v) is 8.38. The highest BCUT2D eigenvalue weighted by Gasteiger charge is 2.21. The minimum absolute atomic E-state index is 0.655. The van der Waals surface area contributed by atoms with Crippen LogP contribution in [0.15, 0.2) is 36.4 Å². The van der Waals surface area contributed by atoms with Gasteiger partial charge in [0.25, 0.3) is 0 Å². The molecule has 6 nitrogen and oxygen atoms in total. The van der Waals surface area contributed by atoms with E-state index in [2.05, 4.69) is 86.9 Å². The Kier molecular flexibility index (Phi) is 25.6. The molecule has 0 bridgehead atoms. The third-order valence-electron chi connectivity index (χ3n) is 11.7. The molecule has 0 aliphatic rings. The topological polar surface area (TPSA) is 55.4 Å². The second kappa shape index (κ2) is 30.9. The van der Waals surface area contributed by atoms with Crippen LogP contribution in [0.2, 0.25) is 0 Å². The summed E-state index contributed by atoms with van der Waals surface area (Å²) < 4.78 is 39.9. The summed E-state index contributed by atoms with van der Waals surface area (Å²) in [4.78, 5) is 0. The van der Waals surface area contributed by atoms with Crippen LogP contribution in [-0.4, -0.2) is 45.0 Å². The maximum atomic E-state index is 6.67. The van der Waals surface area contributed by atoms with Crippen molar-refractivity contribution < 1.29 is 28.4 Å². The van der Waals surface area contributed by atoms with E-state index in [1.165, 1.54) is 77.0 Å². The number of halogens is 1. The predicted octanol–water partition coefficient (Wildman–Crippen LogP) is 17.3. The number of fused-ring (bicyclic) bond motifs is 6. The summed E-state index contributed by atoms with van der Waals surface area (Å²) in [7, 11) is 0. The van der Waals surface area contributed by atoms with Crippen molar-refractivity contribution in [2.24, 2.45) is 0 Å². The van der Waals surface area contributed by atoms with E-state index in [1.807, 2.05) is 0 Å². The van der Waals surface area contributed by atoms with Gasteiger partial charge in [0.15, 0.2) is 34.5 Å². The van der Waals surface area contributed by atoms with E-state index < -0.39 is 0 Å². The molecule has 0 aliphatic heterocycles. The van der Waals surface area contributed by atoms with Gasteiger partial charge in [0.1, 0.15) is 0 Å². The van der Waals surface area contributed by atoms with Gasteiger partial charge in [0, 0.05) is 5.33 Å². The lowest BCUT2D eigenvalue weighted by Gasteiger charge is -2.21. The Morgan fingerprint density at radius 2 is 0.443 bits per heavy atom. The van der Waals surface area contributed by atoms with Crippen molar-refractivity contribution in [3.8, 4) is 34.5 Å². The smallest absolute Gasteiger partial charge is 0.161 e. The molecule has 342 valence electrons. The highest BCUT2D eigenvalue weighted by Crippen LogP contribution is 2.47. The molecule has 7 heteroatoms. The fraction of sp³-hybridized carbons (Fsp3) is 0.667. The van der Waals surface area contributed by atoms with Gasteiger partial charge in [-0.1, -0.05) is 160 Å². The molecule has 0 aliphatic carbocycles. The Bertz CT molecular complexity index is 1740. The Morgan fingerprint density at radius 3 is 0.623 bits per heavy atom. The van der Waals surface area contributed by atoms with Crippen molar-refractivity contribution in [1.82, 2.24) is 0 Å². The summed E-state index contributed by atoms with van der Waals surface area (Å²) in [5.74, 6) is 4.86. The van der Waals surface area contributed by atoms with E-state index in [9.17, 15) is 0 Å². The monoisotopic (exact) mass is 907 g/mol. The Hall–Kier alpha value is -3.06. The average molecular weight is 908 g/mol. The quantitative estimate of drug-likeness (QED) is 0.0255. The first-order valence-electron chi connectivity index (χ1n) is 25.0. The molecule has 0 spiro atoms. The maximum absolute atomic E-state index is 6.67. The van der Waals surface area contributed by atoms with Gasteiger partial charge in [-0.15, -0.1) is 0 Å². The number of hydrogen-bond acceptors (Lipinski definition) is 6. The predicted molar refractivity (Wildman–Crippen MR) is 265 cm³/mol. The number of unbranched alkanes of at least 4 members (excludes halogenated alkanes) is 18. The zero-order valence-corrected chi connectivity index (χ0v) is 40.8. The van der Waals surface area contributed by atoms with E-state index in [4.69, 9.17) is 28.4 Å². The van der Waals surface area contributed by atoms with Gasteiger partial charge >= 0.3 is 0 Å². The summed E-state index contributed by atoms with van der Waals surface area (Å²) >= 11 is 3.59. The van der Waals surface area contributed by atoms with Gasteiger partial charge in [-0.2, -0.15) is 0 Å². The summed E-state index contributed by atoms with van der Waals surface area (Å²) in [6.07, 6.45) is 27.5. The van der Waals surface area contributed by atoms with Crippen LogP contribution in [0, 0.1) is 0 Å². The van der Waals surface area contributed by atoms with Crippen LogP contribution in [0.1, 0.15) is 189 Å². The molecule has 0 N–H and O–H groups in total. The van der Waals surface area contributed by atoms with E-state index in [0.29, 0.717) is 39.6 Å². The summed E-state index contributed by atoms with van der Waals surface area (Å²) in [6, 6.07) is 13.4. The third kappa shape index (κ3) is 17.2. The molecule has 0 fully saturated rings. The van der Waals surface area contributed by atoms with Crippen molar-refractivity contribution in [2.75, 3.05) is 45.0 Å². The van der Waals surface area contributed by atoms with E-state index in [1.54, 1.807) is 0 Å². The molecule has 0 heterocycles. The molecule has 0 atom stereocenters. The first kappa shape index (κ1) is 50.6. The molecule has 0 saturated heterocycles. The van der Waals surface area contributed by atoms with Crippen LogP contribution in [-0.2, 0) is 0 Å². The van der Waals surface area contributed by atoms with Gasteiger partial charge in [-0.25, -0.2) is 0 Å². The Balaban J connectivity index is 1.94. The van der Waals surface area contributed by atoms with Crippen LogP contribution in [0.4, 0.5) is 0 Å². The fourth-order valence-electron chi connectivity index (χ4n) is 7.98. The molecule has 61 heavy (non-hydrogen) atoms. The molecular formula is C54H83BrO6. The zero-order chi connectivity index (χ0) is 43.3. The maximum Gasteiger partial charge on any atom is 0.161 e. The molecule has 4 rings (SSSR count). The van der Waals surface area contributed by atoms with Crippen LogP contribution in [0.25, 0.3) is 32.3 Å². The lowest BCUT2D eigenvalue weighted by molar-refractivity contribution is 0.259. The number of benzene rings is 4. The Morgan fingerprint density at radius 1 is 0.262 bits per heavy atom. The summed E-state index contributed by atoms with van der Waals surface area (Å²) in [6.45, 7) is 15.2. The first-order valence-corrected chi connectivity index (χ1v) is 26.1. The van der Waals surface area contributed by atoms with Crippen LogP contribution >= 0.6 is 15.9 Å². The molecular weight excluding hydrogens is 824 g/mol. The highest BCUT2D eigenvalue weighted by molar-refractivity contribution is 9.09. The lowest BCUT2D eigenvalue weighted by atomic mass is 9.93. The molecule has 0 unspecified atom stereocenters. The third-order valence-corrected chi connectivity index (χ3v) is 12.2. The molecule has 0 radical (unpaired) electrons. The van der Waals surface area contributed by atoms with E-state index in [-0.39, 0.29) is 0 Å². The van der Waals surface area contributed by atoms with E-state index in [0.717, 1.165) is 149 Å². The average Bonchev–Trinajstić information content (AvgIpc) is 3.27. The second-order valence-corrected chi connectivity index (χ2v) is 17.8. The van der Waals surface area contributed by atoms with Crippen LogP contribution < -0.4 is 28.4 Å². The van der Waals surface area contributed by atoms with Crippen LogP contribution in [0.5, 0.6) is 34.5 Å². The van der Waals surface area contributed by atoms with Gasteiger partial charge in [-0.3, -0.25) is 0 Å². The van der Waals surface area contributed by atoms with Gasteiger partial charge in [-0.05, 0) is 114 Å². The minimum Gasteiger partial charge on any atom is -0.490 e. The number of ether oxygens (including phenoxy) is 6. The van der Waals surface area contributed by atoms with Crippen molar-refractivity contribution >= 4 is 48.2 Å². The largest absolute Gasteiger partial charge is 0.490 e.